The molecular formula is C20H24ClN3O3S2. The molecule has 29 heavy (non-hydrogen) atoms. The van der Waals surface area contributed by atoms with Crippen LogP contribution in [-0.4, -0.2) is 27.7 Å². The second-order valence-electron chi connectivity index (χ2n) is 6.95. The highest BCUT2D eigenvalue weighted by atomic mass is 35.5. The van der Waals surface area contributed by atoms with Crippen LogP contribution in [0.25, 0.3) is 11.1 Å². The number of aromatic nitrogens is 3. The monoisotopic (exact) mass is 453 g/mol. The Balaban J connectivity index is 1.94. The number of hydrogen-bond donors (Lipinski definition) is 1. The summed E-state index contributed by atoms with van der Waals surface area (Å²) in [6.45, 7) is 6.55. The zero-order chi connectivity index (χ0) is 21.2. The van der Waals surface area contributed by atoms with Crippen molar-refractivity contribution in [3.63, 3.8) is 0 Å². The van der Waals surface area contributed by atoms with E-state index >= 15 is 0 Å². The predicted molar refractivity (Wildman–Crippen MR) is 116 cm³/mol. The molecule has 0 unspecified atom stereocenters. The largest absolute Gasteiger partial charge is 0.304 e. The fraction of sp³-hybridized carbons (Fsp3) is 0.400. The zero-order valence-electron chi connectivity index (χ0n) is 16.6. The van der Waals surface area contributed by atoms with E-state index < -0.39 is 10.1 Å². The molecule has 3 rings (SSSR count). The van der Waals surface area contributed by atoms with Gasteiger partial charge in [0.15, 0.2) is 10.0 Å². The third-order valence-corrected chi connectivity index (χ3v) is 7.18. The van der Waals surface area contributed by atoms with E-state index in [1.807, 2.05) is 16.8 Å². The molecule has 0 radical (unpaired) electrons. The van der Waals surface area contributed by atoms with Crippen molar-refractivity contribution < 1.29 is 13.0 Å². The summed E-state index contributed by atoms with van der Waals surface area (Å²) in [4.78, 5) is 5.42. The summed E-state index contributed by atoms with van der Waals surface area (Å²) in [5.74, 6) is 1.81. The van der Waals surface area contributed by atoms with Gasteiger partial charge in [0.05, 0.1) is 6.54 Å². The van der Waals surface area contributed by atoms with Crippen LogP contribution in [-0.2, 0) is 29.5 Å². The molecule has 3 aromatic rings. The Morgan fingerprint density at radius 3 is 2.48 bits per heavy atom. The molecule has 0 aliphatic rings. The van der Waals surface area contributed by atoms with E-state index in [0.29, 0.717) is 22.7 Å². The Morgan fingerprint density at radius 2 is 1.86 bits per heavy atom. The third-order valence-electron chi connectivity index (χ3n) is 4.45. The van der Waals surface area contributed by atoms with Gasteiger partial charge in [-0.05, 0) is 37.5 Å². The maximum Gasteiger partial charge on any atom is 0.304 e. The molecule has 156 valence electrons. The Hall–Kier alpha value is -1.74. The second kappa shape index (κ2) is 8.95. The molecule has 2 heterocycles. The number of thiophene rings is 1. The first kappa shape index (κ1) is 22.0. The molecule has 6 nitrogen and oxygen atoms in total. The van der Waals surface area contributed by atoms with Crippen LogP contribution in [0.2, 0.25) is 5.02 Å². The van der Waals surface area contributed by atoms with Gasteiger partial charge in [-0.2, -0.15) is 13.5 Å². The molecule has 0 amide bonds. The van der Waals surface area contributed by atoms with Gasteiger partial charge in [-0.25, -0.2) is 9.67 Å². The topological polar surface area (TPSA) is 85.1 Å². The van der Waals surface area contributed by atoms with Crippen LogP contribution in [0.5, 0.6) is 0 Å². The minimum Gasteiger partial charge on any atom is -0.281 e. The lowest BCUT2D eigenvalue weighted by molar-refractivity contribution is 0.486. The van der Waals surface area contributed by atoms with E-state index in [1.165, 1.54) is 0 Å². The molecule has 1 N–H and O–H groups in total. The van der Waals surface area contributed by atoms with Gasteiger partial charge < -0.3 is 0 Å². The lowest BCUT2D eigenvalue weighted by atomic mass is 10.1. The van der Waals surface area contributed by atoms with Crippen LogP contribution >= 0.6 is 22.9 Å². The summed E-state index contributed by atoms with van der Waals surface area (Å²) >= 11 is 7.53. The Labute approximate surface area is 180 Å². The zero-order valence-corrected chi connectivity index (χ0v) is 19.0. The van der Waals surface area contributed by atoms with Crippen molar-refractivity contribution in [3.05, 3.63) is 51.4 Å². The van der Waals surface area contributed by atoms with Crippen molar-refractivity contribution in [2.45, 2.75) is 57.2 Å². The van der Waals surface area contributed by atoms with E-state index in [-0.39, 0.29) is 4.21 Å². The SMILES string of the molecule is CCCc1nc(CCC)n(Cc2ccc(-c3cc(C)sc3S(=O)(=O)O)c(Cl)c2)n1. The number of benzene rings is 1. The molecule has 0 spiro atoms. The molecule has 0 atom stereocenters. The quantitative estimate of drug-likeness (QED) is 0.475. The lowest BCUT2D eigenvalue weighted by Crippen LogP contribution is -2.07. The summed E-state index contributed by atoms with van der Waals surface area (Å²) in [6.07, 6.45) is 3.68. The van der Waals surface area contributed by atoms with Gasteiger partial charge >= 0.3 is 10.1 Å². The van der Waals surface area contributed by atoms with E-state index in [2.05, 4.69) is 23.9 Å². The summed E-state index contributed by atoms with van der Waals surface area (Å²) in [7, 11) is -4.31. The van der Waals surface area contributed by atoms with Crippen LogP contribution in [0.1, 0.15) is 48.8 Å². The standard InChI is InChI=1S/C20H24ClN3O3S2/c1-4-6-18-22-19(7-5-2)24(23-18)12-14-8-9-15(17(21)11-14)16-10-13(3)28-20(16)29(25,26)27/h8-11H,4-7,12H2,1-3H3,(H,25,26,27). The van der Waals surface area contributed by atoms with Crippen molar-refractivity contribution >= 4 is 33.1 Å². The molecule has 0 bridgehead atoms. The van der Waals surface area contributed by atoms with E-state index in [9.17, 15) is 13.0 Å². The predicted octanol–water partition coefficient (Wildman–Crippen LogP) is 5.17. The summed E-state index contributed by atoms with van der Waals surface area (Å²) in [5, 5.41) is 5.05. The fourth-order valence-electron chi connectivity index (χ4n) is 3.21. The average Bonchev–Trinajstić information content (AvgIpc) is 3.19. The van der Waals surface area contributed by atoms with Crippen LogP contribution in [0, 0.1) is 6.92 Å². The van der Waals surface area contributed by atoms with Gasteiger partial charge in [-0.15, -0.1) is 11.3 Å². The third kappa shape index (κ3) is 5.06. The average molecular weight is 454 g/mol. The van der Waals surface area contributed by atoms with Gasteiger partial charge in [0, 0.05) is 33.9 Å². The van der Waals surface area contributed by atoms with Crippen LogP contribution in [0.4, 0.5) is 0 Å². The lowest BCUT2D eigenvalue weighted by Gasteiger charge is -2.09. The molecule has 0 saturated heterocycles. The van der Waals surface area contributed by atoms with E-state index in [1.54, 1.807) is 19.1 Å². The Kier molecular flexibility index (Phi) is 6.78. The van der Waals surface area contributed by atoms with Gasteiger partial charge in [0.2, 0.25) is 0 Å². The molecular weight excluding hydrogens is 430 g/mol. The van der Waals surface area contributed by atoms with Crippen molar-refractivity contribution in [2.24, 2.45) is 0 Å². The Morgan fingerprint density at radius 1 is 1.14 bits per heavy atom. The molecule has 0 aliphatic carbocycles. The molecule has 9 heteroatoms. The molecule has 0 fully saturated rings. The highest BCUT2D eigenvalue weighted by Crippen LogP contribution is 2.38. The van der Waals surface area contributed by atoms with Crippen LogP contribution in [0.15, 0.2) is 28.5 Å². The number of aryl methyl sites for hydroxylation is 3. The summed E-state index contributed by atoms with van der Waals surface area (Å²) in [5.41, 5.74) is 1.94. The number of hydrogen-bond acceptors (Lipinski definition) is 5. The number of halogens is 1. The minimum absolute atomic E-state index is 0.0876. The first-order valence-electron chi connectivity index (χ1n) is 9.52. The maximum atomic E-state index is 11.7. The van der Waals surface area contributed by atoms with Gasteiger partial charge in [-0.3, -0.25) is 4.55 Å². The normalized spacial score (nSPS) is 11.9. The molecule has 1 aromatic carbocycles. The van der Waals surface area contributed by atoms with Crippen molar-refractivity contribution in [1.29, 1.82) is 0 Å². The van der Waals surface area contributed by atoms with E-state index in [0.717, 1.165) is 59.1 Å². The van der Waals surface area contributed by atoms with Gasteiger partial charge in [-0.1, -0.05) is 37.6 Å². The van der Waals surface area contributed by atoms with Gasteiger partial charge in [0.1, 0.15) is 5.82 Å². The van der Waals surface area contributed by atoms with Crippen LogP contribution in [0.3, 0.4) is 0 Å². The smallest absolute Gasteiger partial charge is 0.281 e. The van der Waals surface area contributed by atoms with Crippen molar-refractivity contribution in [2.75, 3.05) is 0 Å². The number of nitrogens with zero attached hydrogens (tertiary/aromatic N) is 3. The molecule has 0 saturated carbocycles. The fourth-order valence-corrected chi connectivity index (χ4v) is 5.53. The van der Waals surface area contributed by atoms with Crippen LogP contribution < -0.4 is 0 Å². The molecule has 0 aliphatic heterocycles. The van der Waals surface area contributed by atoms with Crippen molar-refractivity contribution in [3.8, 4) is 11.1 Å². The second-order valence-corrected chi connectivity index (χ2v) is 10.2. The first-order chi connectivity index (χ1) is 13.7. The highest BCUT2D eigenvalue weighted by Gasteiger charge is 2.22. The summed E-state index contributed by atoms with van der Waals surface area (Å²) < 4.78 is 34.8. The summed E-state index contributed by atoms with van der Waals surface area (Å²) in [6, 6.07) is 7.23. The van der Waals surface area contributed by atoms with Crippen molar-refractivity contribution in [1.82, 2.24) is 14.8 Å². The Bertz CT molecular complexity index is 1120. The number of rotatable bonds is 8. The minimum atomic E-state index is -4.31. The maximum absolute atomic E-state index is 11.7. The van der Waals surface area contributed by atoms with Gasteiger partial charge in [0.25, 0.3) is 0 Å². The first-order valence-corrected chi connectivity index (χ1v) is 12.2. The highest BCUT2D eigenvalue weighted by molar-refractivity contribution is 7.88. The molecule has 2 aromatic heterocycles. The van der Waals surface area contributed by atoms with E-state index in [4.69, 9.17) is 11.6 Å².